The minimum Gasteiger partial charge on any atom is -0.477 e. The number of carbonyl (C=O) groups excluding carboxylic acids is 1. The van der Waals surface area contributed by atoms with Crippen LogP contribution in [-0.4, -0.2) is 27.2 Å². The van der Waals surface area contributed by atoms with Gasteiger partial charge in [0, 0.05) is 12.5 Å². The van der Waals surface area contributed by atoms with E-state index in [1.54, 1.807) is 0 Å². The van der Waals surface area contributed by atoms with Crippen molar-refractivity contribution in [3.05, 3.63) is 11.8 Å². The number of anilines is 1. The number of aromatic amines is 1. The number of hydrogen-bond donors (Lipinski definition) is 3. The van der Waals surface area contributed by atoms with Gasteiger partial charge in [-0.1, -0.05) is 13.3 Å². The van der Waals surface area contributed by atoms with Crippen molar-refractivity contribution in [3.8, 4) is 0 Å². The second-order valence-electron chi connectivity index (χ2n) is 3.12. The highest BCUT2D eigenvalue weighted by atomic mass is 16.4. The molecule has 0 radical (unpaired) electrons. The van der Waals surface area contributed by atoms with Crippen LogP contribution in [-0.2, 0) is 4.79 Å². The first-order valence-electron chi connectivity index (χ1n) is 4.72. The first-order chi connectivity index (χ1) is 7.13. The molecule has 0 aliphatic heterocycles. The molecule has 1 aromatic rings. The predicted molar refractivity (Wildman–Crippen MR) is 53.7 cm³/mol. The fraction of sp³-hybridized carbons (Fsp3) is 0.444. The molecule has 0 fully saturated rings. The first-order valence-corrected chi connectivity index (χ1v) is 4.72. The van der Waals surface area contributed by atoms with E-state index in [2.05, 4.69) is 15.5 Å². The third-order valence-electron chi connectivity index (χ3n) is 1.83. The van der Waals surface area contributed by atoms with Crippen LogP contribution < -0.4 is 5.32 Å². The summed E-state index contributed by atoms with van der Waals surface area (Å²) in [6, 6.07) is 1.28. The Labute approximate surface area is 86.7 Å². The summed E-state index contributed by atoms with van der Waals surface area (Å²) in [5.74, 6) is -1.01. The maximum Gasteiger partial charge on any atom is 0.353 e. The van der Waals surface area contributed by atoms with Crippen molar-refractivity contribution in [2.45, 2.75) is 26.2 Å². The number of carboxylic acid groups (broad SMARTS) is 1. The monoisotopic (exact) mass is 211 g/mol. The number of amides is 1. The number of H-pyrrole nitrogens is 1. The molecule has 0 unspecified atom stereocenters. The minimum atomic E-state index is -1.10. The Morgan fingerprint density at radius 3 is 2.87 bits per heavy atom. The van der Waals surface area contributed by atoms with E-state index in [1.165, 1.54) is 6.07 Å². The molecule has 1 amide bonds. The van der Waals surface area contributed by atoms with E-state index < -0.39 is 5.97 Å². The van der Waals surface area contributed by atoms with Crippen LogP contribution in [0.4, 0.5) is 5.82 Å². The third kappa shape index (κ3) is 3.41. The zero-order valence-electron chi connectivity index (χ0n) is 8.41. The highest BCUT2D eigenvalue weighted by Crippen LogP contribution is 2.06. The van der Waals surface area contributed by atoms with E-state index in [-0.39, 0.29) is 17.4 Å². The van der Waals surface area contributed by atoms with Crippen molar-refractivity contribution in [3.63, 3.8) is 0 Å². The van der Waals surface area contributed by atoms with Gasteiger partial charge in [0.1, 0.15) is 5.69 Å². The zero-order chi connectivity index (χ0) is 11.3. The first kappa shape index (κ1) is 11.2. The molecular weight excluding hydrogens is 198 g/mol. The van der Waals surface area contributed by atoms with E-state index in [4.69, 9.17) is 5.11 Å². The van der Waals surface area contributed by atoms with Gasteiger partial charge in [-0.2, -0.15) is 5.10 Å². The van der Waals surface area contributed by atoms with Crippen LogP contribution in [0.2, 0.25) is 0 Å². The number of unbranched alkanes of at least 4 members (excludes halogenated alkanes) is 1. The van der Waals surface area contributed by atoms with Gasteiger partial charge in [0.25, 0.3) is 0 Å². The molecule has 0 bridgehead atoms. The summed E-state index contributed by atoms with van der Waals surface area (Å²) in [6.07, 6.45) is 2.17. The lowest BCUT2D eigenvalue weighted by atomic mass is 10.2. The number of nitrogens with zero attached hydrogens (tertiary/aromatic N) is 1. The summed E-state index contributed by atoms with van der Waals surface area (Å²) in [5.41, 5.74) is -0.0409. The molecule has 1 rings (SSSR count). The quantitative estimate of drug-likeness (QED) is 0.682. The van der Waals surface area contributed by atoms with Crippen molar-refractivity contribution in [2.75, 3.05) is 5.32 Å². The van der Waals surface area contributed by atoms with Crippen molar-refractivity contribution in [2.24, 2.45) is 0 Å². The third-order valence-corrected chi connectivity index (χ3v) is 1.83. The van der Waals surface area contributed by atoms with E-state index in [1.807, 2.05) is 6.92 Å². The normalized spacial score (nSPS) is 9.93. The molecule has 0 spiro atoms. The van der Waals surface area contributed by atoms with Gasteiger partial charge in [-0.05, 0) is 6.42 Å². The molecule has 0 atom stereocenters. The number of nitrogens with one attached hydrogen (secondary N) is 2. The van der Waals surface area contributed by atoms with Gasteiger partial charge in [0.2, 0.25) is 5.91 Å². The Balaban J connectivity index is 2.50. The molecule has 0 saturated carbocycles. The van der Waals surface area contributed by atoms with Gasteiger partial charge in [0.15, 0.2) is 5.82 Å². The SMILES string of the molecule is CCCCC(=O)Nc1cc(C(=O)O)[nH]n1. The lowest BCUT2D eigenvalue weighted by molar-refractivity contribution is -0.116. The van der Waals surface area contributed by atoms with E-state index in [0.29, 0.717) is 6.42 Å². The molecule has 3 N–H and O–H groups in total. The summed E-state index contributed by atoms with van der Waals surface area (Å²) in [7, 11) is 0. The summed E-state index contributed by atoms with van der Waals surface area (Å²) in [4.78, 5) is 21.7. The van der Waals surface area contributed by atoms with Crippen LogP contribution in [0.15, 0.2) is 6.07 Å². The fourth-order valence-corrected chi connectivity index (χ4v) is 1.04. The zero-order valence-corrected chi connectivity index (χ0v) is 8.41. The molecule has 0 aromatic carbocycles. The number of rotatable bonds is 5. The second kappa shape index (κ2) is 5.14. The Bertz CT molecular complexity index is 359. The molecule has 6 nitrogen and oxygen atoms in total. The average Bonchev–Trinajstić information content (AvgIpc) is 2.63. The van der Waals surface area contributed by atoms with E-state index >= 15 is 0 Å². The maximum atomic E-state index is 11.2. The highest BCUT2D eigenvalue weighted by molar-refractivity contribution is 5.92. The number of aromatic carboxylic acids is 1. The molecule has 15 heavy (non-hydrogen) atoms. The van der Waals surface area contributed by atoms with Crippen LogP contribution in [0.25, 0.3) is 0 Å². The Hall–Kier alpha value is -1.85. The second-order valence-corrected chi connectivity index (χ2v) is 3.12. The number of carbonyl (C=O) groups is 2. The molecule has 0 aliphatic carbocycles. The van der Waals surface area contributed by atoms with Crippen molar-refractivity contribution >= 4 is 17.7 Å². The number of carboxylic acids is 1. The van der Waals surface area contributed by atoms with Crippen LogP contribution >= 0.6 is 0 Å². The summed E-state index contributed by atoms with van der Waals surface area (Å²) in [5, 5.41) is 17.0. The van der Waals surface area contributed by atoms with Crippen molar-refractivity contribution in [1.29, 1.82) is 0 Å². The molecule has 6 heteroatoms. The van der Waals surface area contributed by atoms with Gasteiger partial charge in [-0.25, -0.2) is 4.79 Å². The molecule has 1 aromatic heterocycles. The van der Waals surface area contributed by atoms with E-state index in [9.17, 15) is 9.59 Å². The average molecular weight is 211 g/mol. The van der Waals surface area contributed by atoms with Crippen LogP contribution in [0, 0.1) is 0 Å². The van der Waals surface area contributed by atoms with Gasteiger partial charge in [-0.15, -0.1) is 0 Å². The standard InChI is InChI=1S/C9H13N3O3/c1-2-3-4-8(13)10-7-5-6(9(14)15)11-12-7/h5H,2-4H2,1H3,(H,14,15)(H2,10,11,12,13). The number of aromatic nitrogens is 2. The van der Waals surface area contributed by atoms with Gasteiger partial charge in [0.05, 0.1) is 0 Å². The van der Waals surface area contributed by atoms with Crippen LogP contribution in [0.3, 0.4) is 0 Å². The molecule has 1 heterocycles. The Morgan fingerprint density at radius 2 is 2.33 bits per heavy atom. The van der Waals surface area contributed by atoms with Crippen molar-refractivity contribution < 1.29 is 14.7 Å². The topological polar surface area (TPSA) is 95.1 Å². The minimum absolute atomic E-state index is 0.0409. The largest absolute Gasteiger partial charge is 0.477 e. The molecular formula is C9H13N3O3. The van der Waals surface area contributed by atoms with Gasteiger partial charge in [-0.3, -0.25) is 9.89 Å². The fourth-order valence-electron chi connectivity index (χ4n) is 1.04. The highest BCUT2D eigenvalue weighted by Gasteiger charge is 2.09. The van der Waals surface area contributed by atoms with Crippen molar-refractivity contribution in [1.82, 2.24) is 10.2 Å². The summed E-state index contributed by atoms with van der Waals surface area (Å²) >= 11 is 0. The molecule has 0 saturated heterocycles. The van der Waals surface area contributed by atoms with Crippen LogP contribution in [0.5, 0.6) is 0 Å². The summed E-state index contributed by atoms with van der Waals surface area (Å²) in [6.45, 7) is 1.99. The van der Waals surface area contributed by atoms with Crippen LogP contribution in [0.1, 0.15) is 36.7 Å². The maximum absolute atomic E-state index is 11.2. The van der Waals surface area contributed by atoms with Gasteiger partial charge < -0.3 is 10.4 Å². The van der Waals surface area contributed by atoms with E-state index in [0.717, 1.165) is 12.8 Å². The lowest BCUT2D eigenvalue weighted by Gasteiger charge is -1.98. The molecule has 0 aliphatic rings. The Kier molecular flexibility index (Phi) is 3.84. The summed E-state index contributed by atoms with van der Waals surface area (Å²) < 4.78 is 0. The van der Waals surface area contributed by atoms with Gasteiger partial charge >= 0.3 is 5.97 Å². The smallest absolute Gasteiger partial charge is 0.353 e. The Morgan fingerprint density at radius 1 is 1.60 bits per heavy atom. The number of hydrogen-bond acceptors (Lipinski definition) is 3. The molecule has 82 valence electrons. The predicted octanol–water partition coefficient (Wildman–Crippen LogP) is 1.24. The lowest BCUT2D eigenvalue weighted by Crippen LogP contribution is -2.11.